The molecule has 0 amide bonds. The highest BCUT2D eigenvalue weighted by Gasteiger charge is 2.00. The van der Waals surface area contributed by atoms with E-state index in [0.717, 1.165) is 0 Å². The van der Waals surface area contributed by atoms with Gasteiger partial charge >= 0.3 is 22.3 Å². The minimum atomic E-state index is -4.67. The Morgan fingerprint density at radius 3 is 1.00 bits per heavy atom. The van der Waals surface area contributed by atoms with Crippen LogP contribution in [0.15, 0.2) is 0 Å². The van der Waals surface area contributed by atoms with Gasteiger partial charge in [0.15, 0.2) is 0 Å². The van der Waals surface area contributed by atoms with Crippen molar-refractivity contribution in [1.29, 1.82) is 0 Å². The van der Waals surface area contributed by atoms with Crippen LogP contribution in [0.4, 0.5) is 0 Å². The minimum Gasteiger partial charge on any atom is -0.480 e. The third kappa shape index (κ3) is 52.7. The molecular weight excluding hydrogens is 260 g/mol. The van der Waals surface area contributed by atoms with Crippen molar-refractivity contribution >= 4 is 22.3 Å². The Balaban J connectivity index is -0.000000174. The quantitative estimate of drug-likeness (QED) is 0.312. The molecular formula is C6H16N2O8S. The van der Waals surface area contributed by atoms with Crippen molar-refractivity contribution < 1.29 is 37.3 Å². The number of rotatable bonds is 2. The smallest absolute Gasteiger partial charge is 0.394 e. The summed E-state index contributed by atoms with van der Waals surface area (Å²) in [6, 6.07) is -1.46. The lowest BCUT2D eigenvalue weighted by atomic mass is 10.4. The van der Waals surface area contributed by atoms with Gasteiger partial charge in [0.05, 0.1) is 0 Å². The fraction of sp³-hybridized carbons (Fsp3) is 0.667. The summed E-state index contributed by atoms with van der Waals surface area (Å²) in [6.07, 6.45) is 0. The zero-order chi connectivity index (χ0) is 14.8. The van der Waals surface area contributed by atoms with Gasteiger partial charge < -0.3 is 21.7 Å². The van der Waals surface area contributed by atoms with Crippen molar-refractivity contribution in [2.45, 2.75) is 25.9 Å². The number of hydrogen-bond donors (Lipinski definition) is 6. The SMILES string of the molecule is C[C@H](N)C(=O)O.C[C@H](N)C(=O)O.O=S(=O)(O)O. The Labute approximate surface area is 97.8 Å². The molecule has 0 saturated heterocycles. The van der Waals surface area contributed by atoms with Crippen LogP contribution in [0, 0.1) is 0 Å². The molecule has 17 heavy (non-hydrogen) atoms. The maximum atomic E-state index is 9.57. The highest BCUT2D eigenvalue weighted by molar-refractivity contribution is 7.79. The van der Waals surface area contributed by atoms with Gasteiger partial charge in [0.25, 0.3) is 0 Å². The molecule has 0 aromatic carbocycles. The largest absolute Gasteiger partial charge is 0.480 e. The molecule has 0 radical (unpaired) electrons. The summed E-state index contributed by atoms with van der Waals surface area (Å²) in [6.45, 7) is 2.84. The van der Waals surface area contributed by atoms with Gasteiger partial charge in [0, 0.05) is 0 Å². The van der Waals surface area contributed by atoms with E-state index < -0.39 is 34.4 Å². The second-order valence-corrected chi connectivity index (χ2v) is 3.60. The highest BCUT2D eigenvalue weighted by atomic mass is 32.3. The first-order chi connectivity index (χ1) is 7.29. The van der Waals surface area contributed by atoms with E-state index in [-0.39, 0.29) is 0 Å². The zero-order valence-corrected chi connectivity index (χ0v) is 9.96. The van der Waals surface area contributed by atoms with Crippen molar-refractivity contribution in [2.75, 3.05) is 0 Å². The van der Waals surface area contributed by atoms with Gasteiger partial charge in [0.2, 0.25) is 0 Å². The molecule has 0 spiro atoms. The molecule has 10 nitrogen and oxygen atoms in total. The van der Waals surface area contributed by atoms with Crippen molar-refractivity contribution in [3.63, 3.8) is 0 Å². The van der Waals surface area contributed by atoms with Crippen molar-refractivity contribution in [3.05, 3.63) is 0 Å². The van der Waals surface area contributed by atoms with Gasteiger partial charge in [-0.2, -0.15) is 8.42 Å². The van der Waals surface area contributed by atoms with Gasteiger partial charge in [-0.3, -0.25) is 18.7 Å². The van der Waals surface area contributed by atoms with Crippen LogP contribution in [0.25, 0.3) is 0 Å². The predicted molar refractivity (Wildman–Crippen MR) is 56.7 cm³/mol. The Morgan fingerprint density at radius 1 is 0.941 bits per heavy atom. The van der Waals surface area contributed by atoms with Crippen LogP contribution in [0.1, 0.15) is 13.8 Å². The lowest BCUT2D eigenvalue weighted by molar-refractivity contribution is -0.139. The monoisotopic (exact) mass is 276 g/mol. The first-order valence-corrected chi connectivity index (χ1v) is 5.35. The summed E-state index contributed by atoms with van der Waals surface area (Å²) < 4.78 is 31.6. The van der Waals surface area contributed by atoms with Crippen LogP contribution in [0.2, 0.25) is 0 Å². The second-order valence-electron chi connectivity index (χ2n) is 2.70. The highest BCUT2D eigenvalue weighted by Crippen LogP contribution is 1.68. The van der Waals surface area contributed by atoms with Gasteiger partial charge in [0.1, 0.15) is 12.1 Å². The summed E-state index contributed by atoms with van der Waals surface area (Å²) in [5, 5.41) is 15.7. The molecule has 0 aromatic heterocycles. The summed E-state index contributed by atoms with van der Waals surface area (Å²) in [4.78, 5) is 19.1. The number of hydrogen-bond acceptors (Lipinski definition) is 6. The van der Waals surface area contributed by atoms with Crippen molar-refractivity contribution in [2.24, 2.45) is 11.5 Å². The van der Waals surface area contributed by atoms with Gasteiger partial charge in [-0.25, -0.2) is 0 Å². The average Bonchev–Trinajstić information content (AvgIpc) is 2.01. The van der Waals surface area contributed by atoms with Crippen molar-refractivity contribution in [1.82, 2.24) is 0 Å². The standard InChI is InChI=1S/2C3H7NO2.H2O4S/c2*1-2(4)3(5)6;1-5(2,3)4/h2*2H,4H2,1H3,(H,5,6);(H2,1,2,3,4)/t2*2-;/m00./s1. The third-order valence-corrected chi connectivity index (χ3v) is 0.779. The number of carboxylic acid groups (broad SMARTS) is 2. The van der Waals surface area contributed by atoms with E-state index in [1.807, 2.05) is 0 Å². The molecule has 0 aliphatic heterocycles. The van der Waals surface area contributed by atoms with E-state index in [0.29, 0.717) is 0 Å². The van der Waals surface area contributed by atoms with E-state index in [4.69, 9.17) is 39.2 Å². The summed E-state index contributed by atoms with van der Waals surface area (Å²) >= 11 is 0. The van der Waals surface area contributed by atoms with Gasteiger partial charge in [-0.15, -0.1) is 0 Å². The van der Waals surface area contributed by atoms with E-state index in [1.54, 1.807) is 0 Å². The first kappa shape index (κ1) is 21.1. The molecule has 0 aliphatic carbocycles. The molecule has 2 atom stereocenters. The molecule has 0 saturated carbocycles. The average molecular weight is 276 g/mol. The lowest BCUT2D eigenvalue weighted by Crippen LogP contribution is -2.25. The number of nitrogens with two attached hydrogens (primary N) is 2. The topological polar surface area (TPSA) is 201 Å². The number of carbonyl (C=O) groups is 2. The first-order valence-electron chi connectivity index (χ1n) is 3.95. The minimum absolute atomic E-state index is 0.731. The lowest BCUT2D eigenvalue weighted by Gasteiger charge is -1.90. The molecule has 0 aliphatic rings. The fourth-order valence-electron chi connectivity index (χ4n) is 0. The molecule has 0 unspecified atom stereocenters. The molecule has 0 bridgehead atoms. The predicted octanol–water partition coefficient (Wildman–Crippen LogP) is -1.82. The van der Waals surface area contributed by atoms with Crippen LogP contribution in [-0.4, -0.2) is 51.8 Å². The Hall–Kier alpha value is -1.27. The maximum Gasteiger partial charge on any atom is 0.394 e. The maximum absolute atomic E-state index is 9.57. The van der Waals surface area contributed by atoms with Crippen LogP contribution in [0.3, 0.4) is 0 Å². The summed E-state index contributed by atoms with van der Waals surface area (Å²) in [7, 11) is -4.67. The van der Waals surface area contributed by atoms with Crippen LogP contribution in [0.5, 0.6) is 0 Å². The molecule has 0 rings (SSSR count). The normalized spacial score (nSPS) is 13.1. The summed E-state index contributed by atoms with van der Waals surface area (Å²) in [5.41, 5.74) is 9.67. The van der Waals surface area contributed by atoms with E-state index in [2.05, 4.69) is 0 Å². The molecule has 0 aromatic rings. The molecule has 104 valence electrons. The van der Waals surface area contributed by atoms with Gasteiger partial charge in [-0.1, -0.05) is 0 Å². The Bertz CT molecular complexity index is 297. The van der Waals surface area contributed by atoms with Crippen LogP contribution >= 0.6 is 0 Å². The van der Waals surface area contributed by atoms with Crippen LogP contribution < -0.4 is 11.5 Å². The second kappa shape index (κ2) is 9.92. The van der Waals surface area contributed by atoms with E-state index >= 15 is 0 Å². The molecule has 0 heterocycles. The Kier molecular flexibility index (Phi) is 12.3. The number of carboxylic acids is 2. The Morgan fingerprint density at radius 2 is 1.00 bits per heavy atom. The summed E-state index contributed by atoms with van der Waals surface area (Å²) in [5.74, 6) is -1.93. The van der Waals surface area contributed by atoms with Gasteiger partial charge in [-0.05, 0) is 13.8 Å². The third-order valence-electron chi connectivity index (χ3n) is 0.779. The molecule has 0 fully saturated rings. The number of aliphatic carboxylic acids is 2. The van der Waals surface area contributed by atoms with E-state index in [1.165, 1.54) is 13.8 Å². The van der Waals surface area contributed by atoms with Crippen molar-refractivity contribution in [3.8, 4) is 0 Å². The van der Waals surface area contributed by atoms with E-state index in [9.17, 15) is 9.59 Å². The molecule has 8 N–H and O–H groups in total. The fourth-order valence-corrected chi connectivity index (χ4v) is 0. The molecule has 11 heteroatoms. The van der Waals surface area contributed by atoms with Crippen LogP contribution in [-0.2, 0) is 20.0 Å². The zero-order valence-electron chi connectivity index (χ0n) is 9.14.